The van der Waals surface area contributed by atoms with Gasteiger partial charge in [0.2, 0.25) is 0 Å². The van der Waals surface area contributed by atoms with Crippen molar-refractivity contribution in [3.8, 4) is 11.8 Å². The topological polar surface area (TPSA) is 117 Å². The van der Waals surface area contributed by atoms with Crippen LogP contribution in [0.15, 0.2) is 67.1 Å². The Morgan fingerprint density at radius 2 is 1.78 bits per heavy atom. The molecular weight excluding hydrogens is 587 g/mol. The average Bonchev–Trinajstić information content (AvgIpc) is 3.49. The number of anilines is 3. The fourth-order valence-electron chi connectivity index (χ4n) is 4.80. The number of ether oxygens (including phenoxy) is 1. The van der Waals surface area contributed by atoms with Crippen LogP contribution in [0.4, 0.5) is 26.4 Å². The molecule has 12 heteroatoms. The molecule has 11 nitrogen and oxygen atoms in total. The summed E-state index contributed by atoms with van der Waals surface area (Å²) in [6.07, 6.45) is 4.81. The van der Waals surface area contributed by atoms with Crippen molar-refractivity contribution in [3.63, 3.8) is 0 Å². The molecule has 1 fully saturated rings. The van der Waals surface area contributed by atoms with Crippen LogP contribution in [0.1, 0.15) is 32.6 Å². The smallest absolute Gasteiger partial charge is 0.324 e. The summed E-state index contributed by atoms with van der Waals surface area (Å²) in [5, 5.41) is 12.3. The summed E-state index contributed by atoms with van der Waals surface area (Å²) in [5.41, 5.74) is 4.16. The van der Waals surface area contributed by atoms with E-state index in [1.807, 2.05) is 13.0 Å². The number of hydrogen-bond acceptors (Lipinski definition) is 7. The highest BCUT2D eigenvalue weighted by atomic mass is 19.1. The van der Waals surface area contributed by atoms with E-state index < -0.39 is 6.03 Å². The minimum absolute atomic E-state index is 0.339. The quantitative estimate of drug-likeness (QED) is 0.236. The summed E-state index contributed by atoms with van der Waals surface area (Å²) in [6.45, 7) is 7.27. The fraction of sp³-hybridized carbons (Fsp3) is 0.294. The lowest BCUT2D eigenvalue weighted by Crippen LogP contribution is -2.44. The van der Waals surface area contributed by atoms with Crippen molar-refractivity contribution in [2.75, 3.05) is 62.9 Å². The predicted molar refractivity (Wildman–Crippen MR) is 175 cm³/mol. The molecule has 0 unspecified atom stereocenters. The number of amides is 3. The summed E-state index contributed by atoms with van der Waals surface area (Å²) in [6, 6.07) is 13.0. The number of methoxy groups -OCH3 is 1. The average molecular weight is 625 g/mol. The first-order valence-electron chi connectivity index (χ1n) is 14.9. The fourth-order valence-corrected chi connectivity index (χ4v) is 4.80. The van der Waals surface area contributed by atoms with Gasteiger partial charge in [-0.15, -0.1) is 0 Å². The molecule has 3 N–H and O–H groups in total. The maximum Gasteiger partial charge on any atom is 0.324 e. The number of pyridine rings is 1. The number of urea groups is 1. The van der Waals surface area contributed by atoms with E-state index in [1.54, 1.807) is 66.8 Å². The number of likely N-dealkylation sites (N-methyl/N-ethyl adjacent to an activating group) is 1. The molecule has 2 aromatic heterocycles. The highest BCUT2D eigenvalue weighted by Gasteiger charge is 2.16. The van der Waals surface area contributed by atoms with Crippen LogP contribution in [0.3, 0.4) is 0 Å². The van der Waals surface area contributed by atoms with Gasteiger partial charge in [-0.25, -0.2) is 14.2 Å². The van der Waals surface area contributed by atoms with Gasteiger partial charge in [-0.3, -0.25) is 19.7 Å². The number of nitrogens with one attached hydrogen (secondary N) is 3. The third-order valence-corrected chi connectivity index (χ3v) is 7.56. The van der Waals surface area contributed by atoms with Crippen LogP contribution in [0, 0.1) is 24.6 Å². The number of rotatable bonds is 9. The summed E-state index contributed by atoms with van der Waals surface area (Å²) in [4.78, 5) is 34.1. The van der Waals surface area contributed by atoms with Crippen LogP contribution >= 0.6 is 0 Å². The van der Waals surface area contributed by atoms with Crippen molar-refractivity contribution in [1.29, 1.82) is 0 Å². The van der Waals surface area contributed by atoms with Gasteiger partial charge in [-0.05, 0) is 55.9 Å². The molecule has 0 spiro atoms. The Morgan fingerprint density at radius 1 is 0.957 bits per heavy atom. The number of piperazine rings is 1. The molecule has 2 aromatic carbocycles. The standard InChI is InChI=1S/C34H37FN8O3/c1-24-4-7-27(33(44)38-29-10-9-28(31(35)19-29)22-42-14-12-41(2)13-15-42)18-26(24)8-5-25-6-11-32(36-20-25)40-34(45)39-30-21-37-43(23-30)16-17-46-3/h4,6-7,9-11,18-21,23H,12-17,22H2,1-3H3,(H,38,44)(H2,36,39,40,45). The number of carbonyl (C=O) groups excluding carboxylic acids is 2. The van der Waals surface area contributed by atoms with Gasteiger partial charge in [0.1, 0.15) is 11.6 Å². The first-order chi connectivity index (χ1) is 22.2. The first kappa shape index (κ1) is 32.3. The molecule has 5 rings (SSSR count). The minimum Gasteiger partial charge on any atom is -0.383 e. The summed E-state index contributed by atoms with van der Waals surface area (Å²) in [7, 11) is 3.70. The van der Waals surface area contributed by atoms with Gasteiger partial charge >= 0.3 is 6.03 Å². The van der Waals surface area contributed by atoms with Crippen LogP contribution in [-0.2, 0) is 17.8 Å². The molecule has 0 saturated carbocycles. The van der Waals surface area contributed by atoms with Gasteiger partial charge < -0.3 is 20.3 Å². The van der Waals surface area contributed by atoms with E-state index in [9.17, 15) is 14.0 Å². The van der Waals surface area contributed by atoms with Gasteiger partial charge in [0.05, 0.1) is 25.0 Å². The molecule has 1 aliphatic heterocycles. The molecule has 0 aliphatic carbocycles. The Morgan fingerprint density at radius 3 is 2.52 bits per heavy atom. The van der Waals surface area contributed by atoms with Crippen molar-refractivity contribution < 1.29 is 18.7 Å². The minimum atomic E-state index is -0.451. The van der Waals surface area contributed by atoms with Crippen molar-refractivity contribution in [3.05, 3.63) is 101 Å². The third-order valence-electron chi connectivity index (χ3n) is 7.56. The summed E-state index contributed by atoms with van der Waals surface area (Å²) in [5.74, 6) is 5.82. The molecule has 0 atom stereocenters. The largest absolute Gasteiger partial charge is 0.383 e. The molecule has 3 heterocycles. The zero-order chi connectivity index (χ0) is 32.5. The van der Waals surface area contributed by atoms with E-state index in [4.69, 9.17) is 4.74 Å². The number of nitrogens with zero attached hydrogens (tertiary/aromatic N) is 5. The van der Waals surface area contributed by atoms with Gasteiger partial charge in [-0.2, -0.15) is 5.10 Å². The molecule has 3 amide bonds. The van der Waals surface area contributed by atoms with Crippen LogP contribution in [0.5, 0.6) is 0 Å². The number of aromatic nitrogens is 3. The van der Waals surface area contributed by atoms with E-state index in [0.29, 0.717) is 59.1 Å². The number of aryl methyl sites for hydroxylation is 1. The Kier molecular flexibility index (Phi) is 10.7. The van der Waals surface area contributed by atoms with E-state index in [-0.39, 0.29) is 11.7 Å². The van der Waals surface area contributed by atoms with Gasteiger partial charge in [0, 0.05) is 80.2 Å². The molecule has 0 radical (unpaired) electrons. The molecule has 1 saturated heterocycles. The Hall–Kier alpha value is -5.09. The molecular formula is C34H37FN8O3. The van der Waals surface area contributed by atoms with Crippen molar-refractivity contribution in [1.82, 2.24) is 24.6 Å². The monoisotopic (exact) mass is 624 g/mol. The third kappa shape index (κ3) is 8.98. The van der Waals surface area contributed by atoms with Crippen LogP contribution in [0.2, 0.25) is 0 Å². The Bertz CT molecular complexity index is 1740. The lowest BCUT2D eigenvalue weighted by molar-refractivity contribution is 0.102. The molecule has 46 heavy (non-hydrogen) atoms. The number of carbonyl (C=O) groups is 2. The van der Waals surface area contributed by atoms with Crippen LogP contribution < -0.4 is 16.0 Å². The van der Waals surface area contributed by atoms with E-state index >= 15 is 0 Å². The zero-order valence-electron chi connectivity index (χ0n) is 26.1. The van der Waals surface area contributed by atoms with Crippen LogP contribution in [-0.4, -0.2) is 83.4 Å². The zero-order valence-corrected chi connectivity index (χ0v) is 26.1. The van der Waals surface area contributed by atoms with Gasteiger partial charge in [-0.1, -0.05) is 24.0 Å². The molecule has 238 valence electrons. The SMILES string of the molecule is COCCn1cc(NC(=O)Nc2ccc(C#Cc3cc(C(=O)Nc4ccc(CN5CCN(C)CC5)c(F)c4)ccc3C)cn2)cn1. The maximum atomic E-state index is 14.9. The Balaban J connectivity index is 1.16. The van der Waals surface area contributed by atoms with Crippen LogP contribution in [0.25, 0.3) is 0 Å². The second-order valence-electron chi connectivity index (χ2n) is 11.1. The molecule has 1 aliphatic rings. The van der Waals surface area contributed by atoms with E-state index in [0.717, 1.165) is 31.7 Å². The second kappa shape index (κ2) is 15.3. The van der Waals surface area contributed by atoms with E-state index in [2.05, 4.69) is 54.7 Å². The van der Waals surface area contributed by atoms with Gasteiger partial charge in [0.15, 0.2) is 0 Å². The predicted octanol–water partition coefficient (Wildman–Crippen LogP) is 4.42. The summed E-state index contributed by atoms with van der Waals surface area (Å²) < 4.78 is 21.6. The number of halogens is 1. The molecule has 4 aromatic rings. The first-order valence-corrected chi connectivity index (χ1v) is 14.9. The van der Waals surface area contributed by atoms with Crippen molar-refractivity contribution in [2.45, 2.75) is 20.0 Å². The lowest BCUT2D eigenvalue weighted by Gasteiger charge is -2.32. The maximum absolute atomic E-state index is 14.9. The summed E-state index contributed by atoms with van der Waals surface area (Å²) >= 11 is 0. The number of hydrogen-bond donors (Lipinski definition) is 3. The highest BCUT2D eigenvalue weighted by Crippen LogP contribution is 2.19. The van der Waals surface area contributed by atoms with Crippen molar-refractivity contribution >= 4 is 29.1 Å². The Labute approximate surface area is 267 Å². The van der Waals surface area contributed by atoms with Crippen molar-refractivity contribution in [2.24, 2.45) is 0 Å². The normalized spacial score (nSPS) is 13.5. The highest BCUT2D eigenvalue weighted by molar-refractivity contribution is 6.04. The van der Waals surface area contributed by atoms with Gasteiger partial charge in [0.25, 0.3) is 5.91 Å². The lowest BCUT2D eigenvalue weighted by atomic mass is 10.0. The molecule has 0 bridgehead atoms. The second-order valence-corrected chi connectivity index (χ2v) is 11.1. The van der Waals surface area contributed by atoms with E-state index in [1.165, 1.54) is 6.07 Å². The number of benzene rings is 2.